The Morgan fingerprint density at radius 3 is 2.58 bits per heavy atom. The molecule has 0 radical (unpaired) electrons. The fourth-order valence-corrected chi connectivity index (χ4v) is 4.02. The molecule has 3 aromatic heterocycles. The molecule has 0 bridgehead atoms. The fourth-order valence-electron chi connectivity index (χ4n) is 4.02. The SMILES string of the molecule is Cc1nc2cc(-c3ccco3)nn2c(N2CCN(C(=O)c3cccc(F)c3)CC2)c1C. The van der Waals surface area contributed by atoms with Crippen LogP contribution in [0.3, 0.4) is 0 Å². The number of carbonyl (C=O) groups is 1. The molecule has 0 aliphatic carbocycles. The molecule has 0 spiro atoms. The van der Waals surface area contributed by atoms with Crippen molar-refractivity contribution in [3.63, 3.8) is 0 Å². The van der Waals surface area contributed by atoms with Gasteiger partial charge in [0, 0.05) is 49.1 Å². The Kier molecular flexibility index (Phi) is 4.69. The summed E-state index contributed by atoms with van der Waals surface area (Å²) in [5.41, 5.74) is 3.84. The third kappa shape index (κ3) is 3.43. The summed E-state index contributed by atoms with van der Waals surface area (Å²) in [5, 5.41) is 4.74. The molecule has 4 heterocycles. The molecule has 31 heavy (non-hydrogen) atoms. The first-order chi connectivity index (χ1) is 15.0. The summed E-state index contributed by atoms with van der Waals surface area (Å²) in [5.74, 6) is 1.11. The average molecular weight is 419 g/mol. The van der Waals surface area contributed by atoms with Gasteiger partial charge in [-0.15, -0.1) is 0 Å². The molecule has 1 aliphatic rings. The summed E-state index contributed by atoms with van der Waals surface area (Å²) in [6.07, 6.45) is 1.62. The van der Waals surface area contributed by atoms with E-state index >= 15 is 0 Å². The van der Waals surface area contributed by atoms with Crippen LogP contribution in [0.1, 0.15) is 21.6 Å². The number of hydrogen-bond acceptors (Lipinski definition) is 5. The molecule has 1 aliphatic heterocycles. The molecule has 7 nitrogen and oxygen atoms in total. The van der Waals surface area contributed by atoms with Crippen molar-refractivity contribution < 1.29 is 13.6 Å². The first-order valence-electron chi connectivity index (χ1n) is 10.2. The lowest BCUT2D eigenvalue weighted by Crippen LogP contribution is -2.49. The Bertz CT molecular complexity index is 1260. The lowest BCUT2D eigenvalue weighted by atomic mass is 10.1. The van der Waals surface area contributed by atoms with Crippen LogP contribution in [-0.2, 0) is 0 Å². The van der Waals surface area contributed by atoms with Gasteiger partial charge in [0.1, 0.15) is 17.3 Å². The smallest absolute Gasteiger partial charge is 0.254 e. The van der Waals surface area contributed by atoms with E-state index in [4.69, 9.17) is 9.52 Å². The molecular weight excluding hydrogens is 397 g/mol. The monoisotopic (exact) mass is 419 g/mol. The first kappa shape index (κ1) is 19.3. The molecule has 158 valence electrons. The van der Waals surface area contributed by atoms with E-state index in [-0.39, 0.29) is 5.91 Å². The van der Waals surface area contributed by atoms with Gasteiger partial charge >= 0.3 is 0 Å². The predicted molar refractivity (Wildman–Crippen MR) is 115 cm³/mol. The zero-order chi connectivity index (χ0) is 21.5. The van der Waals surface area contributed by atoms with Crippen molar-refractivity contribution in [2.24, 2.45) is 0 Å². The van der Waals surface area contributed by atoms with Crippen LogP contribution in [0.25, 0.3) is 17.1 Å². The molecule has 5 rings (SSSR count). The lowest BCUT2D eigenvalue weighted by molar-refractivity contribution is 0.0746. The van der Waals surface area contributed by atoms with Crippen LogP contribution in [-0.4, -0.2) is 51.6 Å². The Morgan fingerprint density at radius 1 is 1.06 bits per heavy atom. The number of carbonyl (C=O) groups excluding carboxylic acids is 1. The summed E-state index contributed by atoms with van der Waals surface area (Å²) in [7, 11) is 0. The van der Waals surface area contributed by atoms with Gasteiger partial charge in [0.25, 0.3) is 5.91 Å². The van der Waals surface area contributed by atoms with E-state index in [0.29, 0.717) is 37.5 Å². The molecule has 0 N–H and O–H groups in total. The maximum atomic E-state index is 13.5. The highest BCUT2D eigenvalue weighted by Gasteiger charge is 2.26. The molecule has 1 saturated heterocycles. The molecule has 1 amide bonds. The van der Waals surface area contributed by atoms with Crippen LogP contribution < -0.4 is 4.90 Å². The third-order valence-electron chi connectivity index (χ3n) is 5.76. The summed E-state index contributed by atoms with van der Waals surface area (Å²) >= 11 is 0. The van der Waals surface area contributed by atoms with Crippen molar-refractivity contribution in [2.75, 3.05) is 31.1 Å². The maximum absolute atomic E-state index is 13.5. The molecular formula is C23H22FN5O2. The van der Waals surface area contributed by atoms with Gasteiger partial charge in [-0.05, 0) is 44.2 Å². The maximum Gasteiger partial charge on any atom is 0.254 e. The Balaban J connectivity index is 1.43. The predicted octanol–water partition coefficient (Wildman–Crippen LogP) is 3.71. The summed E-state index contributed by atoms with van der Waals surface area (Å²) < 4.78 is 20.9. The van der Waals surface area contributed by atoms with E-state index in [1.165, 1.54) is 12.1 Å². The number of nitrogens with zero attached hydrogens (tertiary/aromatic N) is 5. The van der Waals surface area contributed by atoms with Crippen LogP contribution in [0.15, 0.2) is 53.1 Å². The fraction of sp³-hybridized carbons (Fsp3) is 0.261. The van der Waals surface area contributed by atoms with Crippen molar-refractivity contribution >= 4 is 17.4 Å². The number of furan rings is 1. The molecule has 0 atom stereocenters. The van der Waals surface area contributed by atoms with Crippen molar-refractivity contribution in [1.29, 1.82) is 0 Å². The first-order valence-corrected chi connectivity index (χ1v) is 10.2. The average Bonchev–Trinajstić information content (AvgIpc) is 3.44. The minimum atomic E-state index is -0.402. The topological polar surface area (TPSA) is 66.9 Å². The van der Waals surface area contributed by atoms with Gasteiger partial charge in [-0.2, -0.15) is 9.61 Å². The van der Waals surface area contributed by atoms with Crippen LogP contribution in [0.2, 0.25) is 0 Å². The second kappa shape index (κ2) is 7.54. The number of hydrogen-bond donors (Lipinski definition) is 0. The highest BCUT2D eigenvalue weighted by molar-refractivity contribution is 5.94. The summed E-state index contributed by atoms with van der Waals surface area (Å²) in [4.78, 5) is 21.4. The van der Waals surface area contributed by atoms with Crippen LogP contribution >= 0.6 is 0 Å². The van der Waals surface area contributed by atoms with Crippen LogP contribution in [0, 0.1) is 19.7 Å². The number of amides is 1. The molecule has 8 heteroatoms. The number of halogens is 1. The van der Waals surface area contributed by atoms with Crippen molar-refractivity contribution in [3.8, 4) is 11.5 Å². The third-order valence-corrected chi connectivity index (χ3v) is 5.76. The Hall–Kier alpha value is -3.68. The van der Waals surface area contributed by atoms with E-state index in [0.717, 1.165) is 28.4 Å². The van der Waals surface area contributed by atoms with Gasteiger partial charge in [-0.3, -0.25) is 4.79 Å². The number of piperazine rings is 1. The second-order valence-corrected chi connectivity index (χ2v) is 7.71. The van der Waals surface area contributed by atoms with Crippen molar-refractivity contribution in [2.45, 2.75) is 13.8 Å². The van der Waals surface area contributed by atoms with E-state index in [1.807, 2.05) is 36.6 Å². The molecule has 1 fully saturated rings. The van der Waals surface area contributed by atoms with Gasteiger partial charge in [-0.25, -0.2) is 9.37 Å². The number of anilines is 1. The van der Waals surface area contributed by atoms with Crippen molar-refractivity contribution in [3.05, 3.63) is 71.4 Å². The molecule has 1 aromatic carbocycles. The largest absolute Gasteiger partial charge is 0.463 e. The highest BCUT2D eigenvalue weighted by atomic mass is 19.1. The van der Waals surface area contributed by atoms with Gasteiger partial charge < -0.3 is 14.2 Å². The second-order valence-electron chi connectivity index (χ2n) is 7.71. The van der Waals surface area contributed by atoms with E-state index in [9.17, 15) is 9.18 Å². The normalized spacial score (nSPS) is 14.4. The highest BCUT2D eigenvalue weighted by Crippen LogP contribution is 2.28. The Morgan fingerprint density at radius 2 is 1.87 bits per heavy atom. The number of rotatable bonds is 3. The number of aryl methyl sites for hydroxylation is 1. The van der Waals surface area contributed by atoms with Crippen molar-refractivity contribution in [1.82, 2.24) is 19.5 Å². The van der Waals surface area contributed by atoms with Crippen LogP contribution in [0.4, 0.5) is 10.2 Å². The van der Waals surface area contributed by atoms with Crippen LogP contribution in [0.5, 0.6) is 0 Å². The summed E-state index contributed by atoms with van der Waals surface area (Å²) in [6, 6.07) is 11.5. The summed E-state index contributed by atoms with van der Waals surface area (Å²) in [6.45, 7) is 6.42. The quantitative estimate of drug-likeness (QED) is 0.507. The Labute approximate surface area is 178 Å². The molecule has 0 unspecified atom stereocenters. The van der Waals surface area contributed by atoms with E-state index in [2.05, 4.69) is 9.88 Å². The lowest BCUT2D eigenvalue weighted by Gasteiger charge is -2.36. The van der Waals surface area contributed by atoms with E-state index in [1.54, 1.807) is 23.3 Å². The van der Waals surface area contributed by atoms with Gasteiger partial charge in [0.05, 0.1) is 6.26 Å². The molecule has 4 aromatic rings. The number of benzene rings is 1. The van der Waals surface area contributed by atoms with Gasteiger partial charge in [0.2, 0.25) is 0 Å². The number of aromatic nitrogens is 3. The zero-order valence-electron chi connectivity index (χ0n) is 17.4. The minimum absolute atomic E-state index is 0.147. The van der Waals surface area contributed by atoms with E-state index < -0.39 is 5.82 Å². The van der Waals surface area contributed by atoms with Gasteiger partial charge in [-0.1, -0.05) is 6.07 Å². The zero-order valence-corrected chi connectivity index (χ0v) is 17.4. The standard InChI is InChI=1S/C23H22FN5O2/c1-15-16(2)25-21-14-19(20-7-4-12-31-20)26-29(21)22(15)27-8-10-28(11-9-27)23(30)17-5-3-6-18(24)13-17/h3-7,12-14H,8-11H2,1-2H3. The minimum Gasteiger partial charge on any atom is -0.463 e. The molecule has 0 saturated carbocycles. The number of fused-ring (bicyclic) bond motifs is 1. The van der Waals surface area contributed by atoms with Gasteiger partial charge in [0.15, 0.2) is 11.4 Å².